The van der Waals surface area contributed by atoms with E-state index in [1.807, 2.05) is 99.6 Å². The van der Waals surface area contributed by atoms with Gasteiger partial charge in [0, 0.05) is 74.7 Å². The molecule has 0 fully saturated rings. The van der Waals surface area contributed by atoms with Gasteiger partial charge in [-0.25, -0.2) is 14.8 Å². The number of anilines is 4. The van der Waals surface area contributed by atoms with E-state index in [2.05, 4.69) is 30.9 Å². The number of nitrogens with two attached hydrogens (primary N) is 2. The Morgan fingerprint density at radius 3 is 1.79 bits per heavy atom. The van der Waals surface area contributed by atoms with Gasteiger partial charge in [0.2, 0.25) is 11.9 Å². The van der Waals surface area contributed by atoms with E-state index in [1.54, 1.807) is 69.2 Å². The Morgan fingerprint density at radius 2 is 1.21 bits per heavy atom. The molecule has 0 radical (unpaired) electrons. The minimum Gasteiger partial charge on any atom is -0.444 e. The molecule has 4 aromatic heterocycles. The molecule has 8 rings (SSSR count). The topological polar surface area (TPSA) is 230 Å². The van der Waals surface area contributed by atoms with E-state index in [4.69, 9.17) is 21.2 Å². The Bertz CT molecular complexity index is 2960. The predicted molar refractivity (Wildman–Crippen MR) is 265 cm³/mol. The second kappa shape index (κ2) is 21.4. The lowest BCUT2D eigenvalue weighted by atomic mass is 10.1. The molecule has 0 saturated heterocycles. The molecule has 5 heterocycles. The summed E-state index contributed by atoms with van der Waals surface area (Å²) in [5.74, 6) is 0.517. The van der Waals surface area contributed by atoms with Crippen LogP contribution in [0.2, 0.25) is 0 Å². The molecule has 7 aromatic rings. The number of nitrogens with one attached hydrogen (secondary N) is 3. The molecule has 0 bridgehead atoms. The molecule has 17 heteroatoms. The van der Waals surface area contributed by atoms with Gasteiger partial charge in [0.25, 0.3) is 17.0 Å². The van der Waals surface area contributed by atoms with Gasteiger partial charge in [0.05, 0.1) is 12.6 Å². The number of ether oxygens (including phenoxy) is 1. The van der Waals surface area contributed by atoms with Crippen molar-refractivity contribution in [1.29, 1.82) is 0 Å². The summed E-state index contributed by atoms with van der Waals surface area (Å²) >= 11 is 0. The van der Waals surface area contributed by atoms with Crippen LogP contribution < -0.4 is 43.4 Å². The van der Waals surface area contributed by atoms with Crippen molar-refractivity contribution in [1.82, 2.24) is 34.4 Å². The maximum absolute atomic E-state index is 13.6. The minimum absolute atomic E-state index is 0.0574. The van der Waals surface area contributed by atoms with E-state index in [0.717, 1.165) is 16.7 Å². The molecule has 2 atom stereocenters. The molecular formula is C51H56N12O5. The predicted octanol–water partition coefficient (Wildman–Crippen LogP) is 5.96. The van der Waals surface area contributed by atoms with E-state index in [-0.39, 0.29) is 40.5 Å². The Hall–Kier alpha value is -8.18. The molecule has 68 heavy (non-hydrogen) atoms. The molecule has 0 saturated carbocycles. The largest absolute Gasteiger partial charge is 0.444 e. The van der Waals surface area contributed by atoms with Crippen molar-refractivity contribution in [3.8, 4) is 22.5 Å². The van der Waals surface area contributed by atoms with Crippen molar-refractivity contribution in [3.05, 3.63) is 177 Å². The van der Waals surface area contributed by atoms with Gasteiger partial charge in [-0.3, -0.25) is 38.4 Å². The summed E-state index contributed by atoms with van der Waals surface area (Å²) in [5.41, 5.74) is 17.3. The van der Waals surface area contributed by atoms with E-state index in [9.17, 15) is 19.2 Å². The number of amides is 2. The molecule has 1 aliphatic heterocycles. The number of pyridine rings is 2. The third-order valence-corrected chi connectivity index (χ3v) is 11.0. The van der Waals surface area contributed by atoms with Crippen LogP contribution in [0.3, 0.4) is 0 Å². The van der Waals surface area contributed by atoms with Crippen LogP contribution in [-0.2, 0) is 38.2 Å². The van der Waals surface area contributed by atoms with Crippen LogP contribution in [-0.4, -0.2) is 71.8 Å². The van der Waals surface area contributed by atoms with E-state index in [1.165, 1.54) is 14.0 Å². The lowest BCUT2D eigenvalue weighted by Gasteiger charge is -2.24. The molecule has 2 amide bonds. The number of nitrogen functional groups attached to an aromatic ring is 1. The molecule has 17 nitrogen and oxygen atoms in total. The third-order valence-electron chi connectivity index (χ3n) is 11.0. The summed E-state index contributed by atoms with van der Waals surface area (Å²) in [6.07, 6.45) is 7.25. The minimum atomic E-state index is -0.614. The van der Waals surface area contributed by atoms with Crippen LogP contribution >= 0.6 is 0 Å². The summed E-state index contributed by atoms with van der Waals surface area (Å²) < 4.78 is 8.21. The monoisotopic (exact) mass is 916 g/mol. The molecule has 1 aliphatic rings. The average molecular weight is 917 g/mol. The van der Waals surface area contributed by atoms with Crippen LogP contribution in [0.15, 0.2) is 144 Å². The first kappa shape index (κ1) is 47.8. The van der Waals surface area contributed by atoms with E-state index < -0.39 is 11.7 Å². The highest BCUT2D eigenvalue weighted by Gasteiger charge is 2.33. The third kappa shape index (κ3) is 11.8. The van der Waals surface area contributed by atoms with Gasteiger partial charge in [-0.2, -0.15) is 0 Å². The number of fused-ring (bicyclic) bond motifs is 1. The second-order valence-electron chi connectivity index (χ2n) is 17.3. The molecule has 0 aliphatic carbocycles. The smallest absolute Gasteiger partial charge is 0.407 e. The normalized spacial score (nSPS) is 12.9. The lowest BCUT2D eigenvalue weighted by Crippen LogP contribution is -2.44. The van der Waals surface area contributed by atoms with Crippen molar-refractivity contribution in [3.63, 3.8) is 0 Å². The molecule has 7 N–H and O–H groups in total. The van der Waals surface area contributed by atoms with E-state index in [0.29, 0.717) is 72.5 Å². The quantitative estimate of drug-likeness (QED) is 0.0850. The summed E-state index contributed by atoms with van der Waals surface area (Å²) in [5, 5.41) is 9.34. The first-order valence-corrected chi connectivity index (χ1v) is 22.2. The van der Waals surface area contributed by atoms with Crippen LogP contribution in [0.5, 0.6) is 0 Å². The van der Waals surface area contributed by atoms with Gasteiger partial charge in [0.1, 0.15) is 28.4 Å². The van der Waals surface area contributed by atoms with Gasteiger partial charge >= 0.3 is 6.09 Å². The maximum atomic E-state index is 13.6. The Kier molecular flexibility index (Phi) is 15.0. The first-order chi connectivity index (χ1) is 32.7. The zero-order valence-electron chi connectivity index (χ0n) is 38.7. The van der Waals surface area contributed by atoms with Crippen LogP contribution in [0.4, 0.5) is 28.1 Å². The van der Waals surface area contributed by atoms with Crippen LogP contribution in [0.25, 0.3) is 22.5 Å². The van der Waals surface area contributed by atoms with Crippen molar-refractivity contribution < 1.29 is 14.3 Å². The SMILES string of the molecule is Cn1c(NC[C@@H](N)Cc2ccccc2)nc(-c2ccncc2)c(N2Cc3ccccc3C2=O)c1=O.Cn1c(NC[C@H](Cc2ccccc2)NC(=O)OC(C)(C)C)nc(-c2ccncc2)c(N)c1=O. The molecule has 0 unspecified atom stereocenters. The highest BCUT2D eigenvalue weighted by Crippen LogP contribution is 2.33. The number of carbonyl (C=O) groups excluding carboxylic acids is 2. The van der Waals surface area contributed by atoms with Gasteiger partial charge in [0.15, 0.2) is 0 Å². The van der Waals surface area contributed by atoms with Crippen molar-refractivity contribution in [2.75, 3.05) is 34.4 Å². The molecule has 350 valence electrons. The van der Waals surface area contributed by atoms with Crippen molar-refractivity contribution in [2.24, 2.45) is 19.8 Å². The van der Waals surface area contributed by atoms with Crippen LogP contribution in [0.1, 0.15) is 47.8 Å². The van der Waals surface area contributed by atoms with Gasteiger partial charge in [-0.1, -0.05) is 78.9 Å². The molecule has 3 aromatic carbocycles. The molecular weight excluding hydrogens is 861 g/mol. The summed E-state index contributed by atoms with van der Waals surface area (Å²) in [6.45, 7) is 6.49. The Labute approximate surface area is 394 Å². The fourth-order valence-electron chi connectivity index (χ4n) is 7.62. The Morgan fingerprint density at radius 1 is 0.691 bits per heavy atom. The number of rotatable bonds is 14. The lowest BCUT2D eigenvalue weighted by molar-refractivity contribution is 0.0506. The highest BCUT2D eigenvalue weighted by atomic mass is 16.6. The molecule has 0 spiro atoms. The Balaban J connectivity index is 0.000000202. The number of hydrogen-bond acceptors (Lipinski definition) is 13. The number of hydrogen-bond donors (Lipinski definition) is 5. The number of aromatic nitrogens is 6. The van der Waals surface area contributed by atoms with Crippen LogP contribution in [0, 0.1) is 0 Å². The van der Waals surface area contributed by atoms with Gasteiger partial charge in [-0.05, 0) is 80.6 Å². The zero-order chi connectivity index (χ0) is 48.4. The number of alkyl carbamates (subject to hydrolysis) is 1. The summed E-state index contributed by atoms with van der Waals surface area (Å²) in [7, 11) is 3.24. The fourth-order valence-corrected chi connectivity index (χ4v) is 7.62. The van der Waals surface area contributed by atoms with Gasteiger partial charge in [-0.15, -0.1) is 0 Å². The van der Waals surface area contributed by atoms with E-state index >= 15 is 0 Å². The maximum Gasteiger partial charge on any atom is 0.407 e. The summed E-state index contributed by atoms with van der Waals surface area (Å²) in [4.78, 5) is 71.0. The first-order valence-electron chi connectivity index (χ1n) is 22.2. The summed E-state index contributed by atoms with van der Waals surface area (Å²) in [6, 6.07) is 33.8. The number of carbonyl (C=O) groups is 2. The standard InChI is InChI=1S/C27H26N6O2.C24H30N6O3/c1-32-26(35)24(33-17-20-9-5-6-10-22(20)25(33)34)23(19-11-13-29-14-12-19)31-27(32)30-16-21(28)15-18-7-3-2-4-8-18;1-24(2,3)33-23(32)28-18(14-16-8-6-5-7-9-16)15-27-22-29-20(17-10-12-26-13-11-17)19(25)21(31)30(22)4/h2-14,21H,15-17,28H2,1H3,(H,30,31);5-13,18H,14-15,25H2,1-4H3,(H,27,29)(H,28,32)/t21-;18-/m00/s1. The van der Waals surface area contributed by atoms with Crippen molar-refractivity contribution >= 4 is 35.3 Å². The highest BCUT2D eigenvalue weighted by molar-refractivity contribution is 6.11. The zero-order valence-corrected chi connectivity index (χ0v) is 38.7. The van der Waals surface area contributed by atoms with Crippen molar-refractivity contribution in [2.45, 2.75) is 57.8 Å². The second-order valence-corrected chi connectivity index (χ2v) is 17.3. The average Bonchev–Trinajstić information content (AvgIpc) is 3.66. The van der Waals surface area contributed by atoms with Gasteiger partial charge < -0.3 is 32.2 Å². The number of benzene rings is 3. The number of nitrogens with zero attached hydrogens (tertiary/aromatic N) is 7. The fraction of sp³-hybridized carbons (Fsp3) is 0.255.